The summed E-state index contributed by atoms with van der Waals surface area (Å²) in [6.45, 7) is 2.03. The lowest BCUT2D eigenvalue weighted by Gasteiger charge is -2.09. The fraction of sp³-hybridized carbons (Fsp3) is 0.150. The molecule has 2 N–H and O–H groups in total. The van der Waals surface area contributed by atoms with Crippen molar-refractivity contribution in [2.24, 2.45) is 0 Å². The van der Waals surface area contributed by atoms with Crippen molar-refractivity contribution in [3.05, 3.63) is 83.2 Å². The molecule has 7 nitrogen and oxygen atoms in total. The van der Waals surface area contributed by atoms with E-state index in [1.54, 1.807) is 24.3 Å². The third-order valence-corrected chi connectivity index (χ3v) is 4.12. The van der Waals surface area contributed by atoms with Gasteiger partial charge in [-0.1, -0.05) is 49.4 Å². The molecule has 0 aliphatic carbocycles. The van der Waals surface area contributed by atoms with E-state index in [-0.39, 0.29) is 28.7 Å². The normalized spacial score (nSPS) is 11.6. The maximum absolute atomic E-state index is 12.9. The first-order valence-electron chi connectivity index (χ1n) is 8.35. The van der Waals surface area contributed by atoms with Crippen molar-refractivity contribution in [3.8, 4) is 5.75 Å². The molecule has 3 rings (SSSR count). The van der Waals surface area contributed by atoms with Crippen LogP contribution in [0.25, 0.3) is 0 Å². The number of nitrogens with zero attached hydrogens (tertiary/aromatic N) is 1. The van der Waals surface area contributed by atoms with E-state index in [1.165, 1.54) is 13.2 Å². The van der Waals surface area contributed by atoms with E-state index in [0.717, 1.165) is 11.3 Å². The second-order valence-electron chi connectivity index (χ2n) is 5.86. The standard InChI is InChI=1S/C20H19N3O4/c1-13(14-8-4-3-5-9-14)16-12-17(22-21-16)19(24)15-10-6-7-11-18(15)27-20(25)23-26-2/h3-13H,1-2H3,(H,21,22)(H,23,25). The SMILES string of the molecule is CONC(=O)Oc1ccccc1C(=O)c1cc(C(C)c2ccccc2)[nH]n1. The molecule has 27 heavy (non-hydrogen) atoms. The Morgan fingerprint density at radius 2 is 1.78 bits per heavy atom. The second-order valence-corrected chi connectivity index (χ2v) is 5.86. The lowest BCUT2D eigenvalue weighted by molar-refractivity contribution is 0.0841. The smallest absolute Gasteiger partial charge is 0.408 e. The van der Waals surface area contributed by atoms with Crippen LogP contribution in [0.3, 0.4) is 0 Å². The van der Waals surface area contributed by atoms with Crippen LogP contribution in [0.15, 0.2) is 60.7 Å². The van der Waals surface area contributed by atoms with Crippen molar-refractivity contribution in [3.63, 3.8) is 0 Å². The Hall–Kier alpha value is -3.45. The Morgan fingerprint density at radius 1 is 1.07 bits per heavy atom. The van der Waals surface area contributed by atoms with Crippen LogP contribution in [0.5, 0.6) is 5.75 Å². The molecule has 0 bridgehead atoms. The van der Waals surface area contributed by atoms with Gasteiger partial charge in [0.25, 0.3) is 0 Å². The number of ether oxygens (including phenoxy) is 1. The first kappa shape index (κ1) is 18.3. The van der Waals surface area contributed by atoms with E-state index in [1.807, 2.05) is 42.7 Å². The van der Waals surface area contributed by atoms with Crippen LogP contribution in [-0.4, -0.2) is 29.2 Å². The van der Waals surface area contributed by atoms with Crippen LogP contribution in [0.1, 0.15) is 40.2 Å². The van der Waals surface area contributed by atoms with Crippen LogP contribution in [-0.2, 0) is 4.84 Å². The quantitative estimate of drug-likeness (QED) is 0.515. The number of hydrogen-bond acceptors (Lipinski definition) is 5. The Labute approximate surface area is 156 Å². The van der Waals surface area contributed by atoms with Gasteiger partial charge in [-0.2, -0.15) is 10.6 Å². The molecule has 0 aliphatic rings. The highest BCUT2D eigenvalue weighted by molar-refractivity contribution is 6.09. The topological polar surface area (TPSA) is 93.3 Å². The number of carbonyl (C=O) groups excluding carboxylic acids is 2. The number of hydroxylamine groups is 1. The average Bonchev–Trinajstić information content (AvgIpc) is 3.18. The Kier molecular flexibility index (Phi) is 5.63. The van der Waals surface area contributed by atoms with Crippen LogP contribution in [0, 0.1) is 0 Å². The molecule has 7 heteroatoms. The number of H-pyrrole nitrogens is 1. The predicted octanol–water partition coefficient (Wildman–Crippen LogP) is 3.44. The van der Waals surface area contributed by atoms with E-state index < -0.39 is 6.09 Å². The molecule has 0 saturated carbocycles. The molecule has 1 unspecified atom stereocenters. The summed E-state index contributed by atoms with van der Waals surface area (Å²) in [4.78, 5) is 28.9. The maximum atomic E-state index is 12.9. The molecule has 0 spiro atoms. The van der Waals surface area contributed by atoms with Crippen molar-refractivity contribution in [1.29, 1.82) is 0 Å². The van der Waals surface area contributed by atoms with E-state index in [2.05, 4.69) is 15.0 Å². The largest absolute Gasteiger partial charge is 0.436 e. The van der Waals surface area contributed by atoms with Crippen LogP contribution < -0.4 is 10.2 Å². The fourth-order valence-electron chi connectivity index (χ4n) is 2.68. The third kappa shape index (κ3) is 4.21. The molecule has 1 heterocycles. The Morgan fingerprint density at radius 3 is 2.52 bits per heavy atom. The number of aromatic nitrogens is 2. The number of nitrogens with one attached hydrogen (secondary N) is 2. The van der Waals surface area contributed by atoms with Gasteiger partial charge in [-0.3, -0.25) is 14.7 Å². The number of rotatable bonds is 6. The highest BCUT2D eigenvalue weighted by Crippen LogP contribution is 2.25. The van der Waals surface area contributed by atoms with Gasteiger partial charge in [0.1, 0.15) is 11.4 Å². The van der Waals surface area contributed by atoms with Gasteiger partial charge in [0.05, 0.1) is 12.7 Å². The third-order valence-electron chi connectivity index (χ3n) is 4.12. The molecule has 0 radical (unpaired) electrons. The van der Waals surface area contributed by atoms with E-state index in [0.29, 0.717) is 0 Å². The zero-order valence-electron chi connectivity index (χ0n) is 14.9. The van der Waals surface area contributed by atoms with Crippen LogP contribution in [0.4, 0.5) is 4.79 Å². The lowest BCUT2D eigenvalue weighted by Crippen LogP contribution is -2.26. The average molecular weight is 365 g/mol. The summed E-state index contributed by atoms with van der Waals surface area (Å²) in [5.41, 5.74) is 4.45. The first-order chi connectivity index (χ1) is 13.1. The minimum atomic E-state index is -0.821. The molecule has 0 saturated heterocycles. The highest BCUT2D eigenvalue weighted by atomic mass is 16.7. The Balaban J connectivity index is 1.83. The first-order valence-corrected chi connectivity index (χ1v) is 8.35. The summed E-state index contributed by atoms with van der Waals surface area (Å²) in [5.74, 6) is -0.171. The molecule has 138 valence electrons. The molecule has 0 aliphatic heterocycles. The minimum Gasteiger partial charge on any atom is -0.408 e. The number of carbonyl (C=O) groups is 2. The number of benzene rings is 2. The van der Waals surface area contributed by atoms with Crippen LogP contribution in [0.2, 0.25) is 0 Å². The highest BCUT2D eigenvalue weighted by Gasteiger charge is 2.20. The minimum absolute atomic E-state index is 0.0548. The molecule has 0 fully saturated rings. The van der Waals surface area contributed by atoms with Crippen molar-refractivity contribution >= 4 is 11.9 Å². The predicted molar refractivity (Wildman–Crippen MR) is 98.6 cm³/mol. The summed E-state index contributed by atoms with van der Waals surface area (Å²) < 4.78 is 5.12. The summed E-state index contributed by atoms with van der Waals surface area (Å²) >= 11 is 0. The number of aromatic amines is 1. The van der Waals surface area contributed by atoms with Crippen molar-refractivity contribution in [1.82, 2.24) is 15.7 Å². The van der Waals surface area contributed by atoms with Gasteiger partial charge < -0.3 is 4.74 Å². The molecular weight excluding hydrogens is 346 g/mol. The van der Waals surface area contributed by atoms with Gasteiger partial charge in [-0.15, -0.1) is 0 Å². The molecule has 1 aromatic heterocycles. The summed E-state index contributed by atoms with van der Waals surface area (Å²) in [6, 6.07) is 18.1. The second kappa shape index (κ2) is 8.29. The van der Waals surface area contributed by atoms with Gasteiger partial charge in [0, 0.05) is 11.6 Å². The van der Waals surface area contributed by atoms with Crippen LogP contribution >= 0.6 is 0 Å². The number of ketones is 1. The van der Waals surface area contributed by atoms with E-state index in [9.17, 15) is 9.59 Å². The number of amides is 1. The monoisotopic (exact) mass is 365 g/mol. The molecular formula is C20H19N3O4. The summed E-state index contributed by atoms with van der Waals surface area (Å²) in [7, 11) is 1.29. The molecule has 2 aromatic carbocycles. The van der Waals surface area contributed by atoms with E-state index in [4.69, 9.17) is 4.74 Å². The zero-order chi connectivity index (χ0) is 19.2. The number of hydrogen-bond donors (Lipinski definition) is 2. The maximum Gasteiger partial charge on any atom is 0.436 e. The zero-order valence-corrected chi connectivity index (χ0v) is 14.9. The van der Waals surface area contributed by atoms with Gasteiger partial charge in [0.2, 0.25) is 5.78 Å². The summed E-state index contributed by atoms with van der Waals surface area (Å²) in [6.07, 6.45) is -0.821. The van der Waals surface area contributed by atoms with E-state index >= 15 is 0 Å². The van der Waals surface area contributed by atoms with Gasteiger partial charge >= 0.3 is 6.09 Å². The Bertz CT molecular complexity index is 937. The summed E-state index contributed by atoms with van der Waals surface area (Å²) in [5, 5.41) is 7.06. The fourth-order valence-corrected chi connectivity index (χ4v) is 2.68. The number of para-hydroxylation sites is 1. The molecule has 3 aromatic rings. The van der Waals surface area contributed by atoms with Crippen molar-refractivity contribution in [2.45, 2.75) is 12.8 Å². The van der Waals surface area contributed by atoms with Crippen molar-refractivity contribution in [2.75, 3.05) is 7.11 Å². The molecule has 1 amide bonds. The van der Waals surface area contributed by atoms with Gasteiger partial charge in [-0.25, -0.2) is 4.79 Å². The lowest BCUT2D eigenvalue weighted by atomic mass is 9.97. The van der Waals surface area contributed by atoms with Gasteiger partial charge in [-0.05, 0) is 23.8 Å². The van der Waals surface area contributed by atoms with Gasteiger partial charge in [0.15, 0.2) is 0 Å². The molecule has 1 atom stereocenters. The van der Waals surface area contributed by atoms with Crippen molar-refractivity contribution < 1.29 is 19.2 Å².